The van der Waals surface area contributed by atoms with Crippen molar-refractivity contribution in [1.82, 2.24) is 4.90 Å². The Morgan fingerprint density at radius 3 is 2.35 bits per heavy atom. The minimum Gasteiger partial charge on any atom is -0.467 e. The number of amides is 1. The first-order valence-corrected chi connectivity index (χ1v) is 5.80. The second-order valence-corrected chi connectivity index (χ2v) is 5.50. The van der Waals surface area contributed by atoms with Crippen LogP contribution in [-0.4, -0.2) is 41.8 Å². The first kappa shape index (κ1) is 13.8. The molecule has 0 aromatic heterocycles. The Bertz CT molecular complexity index is 321. The first-order chi connectivity index (χ1) is 7.70. The maximum atomic E-state index is 12.0. The number of ether oxygens (including phenoxy) is 2. The summed E-state index contributed by atoms with van der Waals surface area (Å²) < 4.78 is 10.1. The van der Waals surface area contributed by atoms with Gasteiger partial charge in [0.15, 0.2) is 0 Å². The van der Waals surface area contributed by atoms with E-state index >= 15 is 0 Å². The van der Waals surface area contributed by atoms with Crippen molar-refractivity contribution in [3.63, 3.8) is 0 Å². The van der Waals surface area contributed by atoms with Crippen LogP contribution in [0.25, 0.3) is 0 Å². The highest BCUT2D eigenvalue weighted by atomic mass is 16.6. The molecule has 0 aliphatic carbocycles. The lowest BCUT2D eigenvalue weighted by atomic mass is 10.00. The molecule has 1 amide bonds. The molecule has 17 heavy (non-hydrogen) atoms. The van der Waals surface area contributed by atoms with Crippen LogP contribution in [0.1, 0.15) is 40.5 Å². The summed E-state index contributed by atoms with van der Waals surface area (Å²) in [6.07, 6.45) is 0.937. The number of methoxy groups -OCH3 is 1. The smallest absolute Gasteiger partial charge is 0.411 e. The van der Waals surface area contributed by atoms with Crippen molar-refractivity contribution in [3.8, 4) is 0 Å². The van der Waals surface area contributed by atoms with Gasteiger partial charge in [0, 0.05) is 6.54 Å². The van der Waals surface area contributed by atoms with E-state index in [1.807, 2.05) is 0 Å². The Labute approximate surface area is 102 Å². The van der Waals surface area contributed by atoms with E-state index in [9.17, 15) is 9.59 Å². The Morgan fingerprint density at radius 1 is 1.29 bits per heavy atom. The minimum absolute atomic E-state index is 0.388. The van der Waals surface area contributed by atoms with Gasteiger partial charge in [0.05, 0.1) is 7.11 Å². The van der Waals surface area contributed by atoms with Crippen LogP contribution in [0, 0.1) is 0 Å². The molecule has 0 bridgehead atoms. The summed E-state index contributed by atoms with van der Waals surface area (Å²) in [5.74, 6) is -0.388. The summed E-state index contributed by atoms with van der Waals surface area (Å²) in [6.45, 7) is 7.65. The average molecular weight is 243 g/mol. The molecule has 1 aliphatic heterocycles. The van der Waals surface area contributed by atoms with Crippen LogP contribution in [0.2, 0.25) is 0 Å². The number of hydrogen-bond donors (Lipinski definition) is 0. The van der Waals surface area contributed by atoms with Gasteiger partial charge in [0.1, 0.15) is 11.1 Å². The van der Waals surface area contributed by atoms with Crippen molar-refractivity contribution in [3.05, 3.63) is 0 Å². The van der Waals surface area contributed by atoms with E-state index in [0.29, 0.717) is 13.0 Å². The fourth-order valence-corrected chi connectivity index (χ4v) is 2.01. The third kappa shape index (κ3) is 2.90. The molecule has 5 heteroatoms. The molecule has 5 nitrogen and oxygen atoms in total. The van der Waals surface area contributed by atoms with Crippen LogP contribution in [0.4, 0.5) is 4.79 Å². The SMILES string of the molecule is COC(=O)C1(C)CCCN1C(=O)OC(C)(C)C. The quantitative estimate of drug-likeness (QED) is 0.660. The highest BCUT2D eigenvalue weighted by Crippen LogP contribution is 2.31. The van der Waals surface area contributed by atoms with Gasteiger partial charge in [0.25, 0.3) is 0 Å². The molecule has 1 atom stereocenters. The molecular formula is C12H21NO4. The lowest BCUT2D eigenvalue weighted by Crippen LogP contribution is -2.52. The zero-order valence-corrected chi connectivity index (χ0v) is 11.2. The van der Waals surface area contributed by atoms with Crippen molar-refractivity contribution in [2.75, 3.05) is 13.7 Å². The summed E-state index contributed by atoms with van der Waals surface area (Å²) >= 11 is 0. The molecule has 1 rings (SSSR count). The average Bonchev–Trinajstić information content (AvgIpc) is 2.58. The summed E-state index contributed by atoms with van der Waals surface area (Å²) in [5.41, 5.74) is -1.45. The van der Waals surface area contributed by atoms with Gasteiger partial charge >= 0.3 is 12.1 Å². The normalized spacial score (nSPS) is 24.6. The molecule has 0 aromatic carbocycles. The van der Waals surface area contributed by atoms with Crippen LogP contribution in [0.15, 0.2) is 0 Å². The van der Waals surface area contributed by atoms with Crippen molar-refractivity contribution in [2.45, 2.75) is 51.7 Å². The number of carbonyl (C=O) groups excluding carboxylic acids is 2. The van der Waals surface area contributed by atoms with Crippen LogP contribution in [0.5, 0.6) is 0 Å². The Balaban J connectivity index is 2.83. The van der Waals surface area contributed by atoms with Gasteiger partial charge in [-0.3, -0.25) is 4.90 Å². The van der Waals surface area contributed by atoms with E-state index in [2.05, 4.69) is 0 Å². The number of esters is 1. The maximum Gasteiger partial charge on any atom is 0.411 e. The molecule has 0 N–H and O–H groups in total. The van der Waals surface area contributed by atoms with Crippen LogP contribution in [0.3, 0.4) is 0 Å². The van der Waals surface area contributed by atoms with Crippen LogP contribution < -0.4 is 0 Å². The highest BCUT2D eigenvalue weighted by molar-refractivity contribution is 5.86. The zero-order chi connectivity index (χ0) is 13.3. The van der Waals surface area contributed by atoms with Gasteiger partial charge in [0.2, 0.25) is 0 Å². The van der Waals surface area contributed by atoms with Gasteiger partial charge in [-0.2, -0.15) is 0 Å². The molecule has 1 saturated heterocycles. The van der Waals surface area contributed by atoms with Crippen molar-refractivity contribution < 1.29 is 19.1 Å². The predicted octanol–water partition coefficient (Wildman–Crippen LogP) is 1.95. The second-order valence-electron chi connectivity index (χ2n) is 5.50. The predicted molar refractivity (Wildman–Crippen MR) is 62.6 cm³/mol. The lowest BCUT2D eigenvalue weighted by Gasteiger charge is -2.33. The van der Waals surface area contributed by atoms with Crippen LogP contribution in [-0.2, 0) is 14.3 Å². The van der Waals surface area contributed by atoms with Gasteiger partial charge in [-0.1, -0.05) is 0 Å². The molecule has 1 heterocycles. The second kappa shape index (κ2) is 4.55. The molecule has 1 fully saturated rings. The molecule has 0 saturated carbocycles. The van der Waals surface area contributed by atoms with E-state index < -0.39 is 17.2 Å². The van der Waals surface area contributed by atoms with Gasteiger partial charge < -0.3 is 9.47 Å². The van der Waals surface area contributed by atoms with E-state index in [1.54, 1.807) is 27.7 Å². The van der Waals surface area contributed by atoms with Gasteiger partial charge in [-0.25, -0.2) is 9.59 Å². The van der Waals surface area contributed by atoms with E-state index in [1.165, 1.54) is 12.0 Å². The summed E-state index contributed by atoms with van der Waals surface area (Å²) in [4.78, 5) is 25.2. The van der Waals surface area contributed by atoms with Crippen molar-refractivity contribution >= 4 is 12.1 Å². The molecule has 0 spiro atoms. The summed E-state index contributed by atoms with van der Waals surface area (Å²) in [5, 5.41) is 0. The van der Waals surface area contributed by atoms with Gasteiger partial charge in [-0.05, 0) is 40.5 Å². The fourth-order valence-electron chi connectivity index (χ4n) is 2.01. The Hall–Kier alpha value is -1.26. The zero-order valence-electron chi connectivity index (χ0n) is 11.2. The van der Waals surface area contributed by atoms with E-state index in [0.717, 1.165) is 6.42 Å². The summed E-state index contributed by atoms with van der Waals surface area (Å²) in [7, 11) is 1.33. The number of likely N-dealkylation sites (tertiary alicyclic amines) is 1. The third-order valence-electron chi connectivity index (χ3n) is 2.88. The van der Waals surface area contributed by atoms with Crippen molar-refractivity contribution in [1.29, 1.82) is 0 Å². The fraction of sp³-hybridized carbons (Fsp3) is 0.833. The lowest BCUT2D eigenvalue weighted by molar-refractivity contribution is -0.152. The topological polar surface area (TPSA) is 55.8 Å². The number of hydrogen-bond acceptors (Lipinski definition) is 4. The molecule has 0 radical (unpaired) electrons. The number of nitrogens with zero attached hydrogens (tertiary/aromatic N) is 1. The van der Waals surface area contributed by atoms with E-state index in [4.69, 9.17) is 9.47 Å². The first-order valence-electron chi connectivity index (χ1n) is 5.80. The Morgan fingerprint density at radius 2 is 1.88 bits per heavy atom. The number of rotatable bonds is 1. The molecule has 1 aliphatic rings. The van der Waals surface area contributed by atoms with Crippen molar-refractivity contribution in [2.24, 2.45) is 0 Å². The monoisotopic (exact) mass is 243 g/mol. The van der Waals surface area contributed by atoms with Gasteiger partial charge in [-0.15, -0.1) is 0 Å². The van der Waals surface area contributed by atoms with Crippen LogP contribution >= 0.6 is 0 Å². The molecular weight excluding hydrogens is 222 g/mol. The Kier molecular flexibility index (Phi) is 3.69. The molecule has 1 unspecified atom stereocenters. The third-order valence-corrected chi connectivity index (χ3v) is 2.88. The standard InChI is InChI=1S/C12H21NO4/c1-11(2,3)17-10(15)13-8-6-7-12(13,4)9(14)16-5/h6-8H2,1-5H3. The molecule has 0 aromatic rings. The number of carbonyl (C=O) groups is 2. The maximum absolute atomic E-state index is 12.0. The minimum atomic E-state index is -0.892. The molecule has 98 valence electrons. The van der Waals surface area contributed by atoms with E-state index in [-0.39, 0.29) is 5.97 Å². The highest BCUT2D eigenvalue weighted by Gasteiger charge is 2.48. The largest absolute Gasteiger partial charge is 0.467 e. The summed E-state index contributed by atoms with van der Waals surface area (Å²) in [6, 6.07) is 0.